The minimum Gasteiger partial charge on any atom is -0.315 e. The lowest BCUT2D eigenvalue weighted by Gasteiger charge is -2.35. The van der Waals surface area contributed by atoms with Crippen LogP contribution in [0.1, 0.15) is 27.7 Å². The first-order chi connectivity index (χ1) is 7.23. The number of sulfonamides is 1. The Morgan fingerprint density at radius 3 is 2.56 bits per heavy atom. The van der Waals surface area contributed by atoms with E-state index in [4.69, 9.17) is 0 Å². The van der Waals surface area contributed by atoms with Crippen LogP contribution in [0.5, 0.6) is 0 Å². The summed E-state index contributed by atoms with van der Waals surface area (Å²) in [5, 5.41) is 3.20. The molecule has 0 saturated carbocycles. The van der Waals surface area contributed by atoms with Gasteiger partial charge >= 0.3 is 0 Å². The van der Waals surface area contributed by atoms with Crippen molar-refractivity contribution < 1.29 is 8.42 Å². The predicted molar refractivity (Wildman–Crippen MR) is 66.8 cm³/mol. The van der Waals surface area contributed by atoms with Gasteiger partial charge in [-0.1, -0.05) is 27.7 Å². The minimum absolute atomic E-state index is 0.00236. The molecule has 0 aromatic heterocycles. The summed E-state index contributed by atoms with van der Waals surface area (Å²) in [6.45, 7) is 11.0. The summed E-state index contributed by atoms with van der Waals surface area (Å²) < 4.78 is 25.8. The molecule has 5 heteroatoms. The molecule has 1 rings (SSSR count). The average molecular weight is 248 g/mol. The second-order valence-electron chi connectivity index (χ2n) is 5.84. The molecule has 1 aliphatic rings. The van der Waals surface area contributed by atoms with Crippen LogP contribution >= 0.6 is 0 Å². The van der Waals surface area contributed by atoms with Crippen molar-refractivity contribution in [3.05, 3.63) is 0 Å². The zero-order valence-electron chi connectivity index (χ0n) is 10.8. The number of nitrogens with one attached hydrogen (secondary N) is 1. The number of rotatable bonds is 2. The highest BCUT2D eigenvalue weighted by Gasteiger charge is 2.31. The summed E-state index contributed by atoms with van der Waals surface area (Å²) in [7, 11) is -3.08. The van der Waals surface area contributed by atoms with Crippen LogP contribution < -0.4 is 5.32 Å². The fourth-order valence-corrected chi connectivity index (χ4v) is 3.71. The lowest BCUT2D eigenvalue weighted by Crippen LogP contribution is -2.49. The van der Waals surface area contributed by atoms with Crippen molar-refractivity contribution in [1.29, 1.82) is 0 Å². The summed E-state index contributed by atoms with van der Waals surface area (Å²) in [6, 6.07) is 0. The summed E-state index contributed by atoms with van der Waals surface area (Å²) in [5.74, 6) is 0.591. The average Bonchev–Trinajstić information content (AvgIpc) is 2.09. The van der Waals surface area contributed by atoms with Crippen LogP contribution in [0.15, 0.2) is 0 Å². The Bertz CT molecular complexity index is 323. The van der Waals surface area contributed by atoms with E-state index in [1.54, 1.807) is 4.31 Å². The lowest BCUT2D eigenvalue weighted by molar-refractivity contribution is 0.231. The summed E-state index contributed by atoms with van der Waals surface area (Å²) in [6.07, 6.45) is 0. The van der Waals surface area contributed by atoms with Crippen LogP contribution in [0.2, 0.25) is 0 Å². The summed E-state index contributed by atoms with van der Waals surface area (Å²) in [5.41, 5.74) is 0.00236. The molecule has 4 nitrogen and oxygen atoms in total. The van der Waals surface area contributed by atoms with Crippen molar-refractivity contribution in [2.24, 2.45) is 11.3 Å². The molecule has 1 N–H and O–H groups in total. The van der Waals surface area contributed by atoms with Crippen molar-refractivity contribution >= 4 is 10.0 Å². The van der Waals surface area contributed by atoms with Crippen LogP contribution in [-0.4, -0.2) is 44.7 Å². The zero-order valence-corrected chi connectivity index (χ0v) is 11.6. The zero-order chi connectivity index (χ0) is 12.4. The van der Waals surface area contributed by atoms with E-state index in [1.165, 1.54) is 0 Å². The van der Waals surface area contributed by atoms with Gasteiger partial charge in [0.2, 0.25) is 10.0 Å². The normalized spacial score (nSPS) is 26.3. The third kappa shape index (κ3) is 4.03. The SMILES string of the molecule is CC(C)CN1CC(C)(C)CNCCS1(=O)=O. The van der Waals surface area contributed by atoms with Crippen molar-refractivity contribution in [3.8, 4) is 0 Å². The molecule has 0 amide bonds. The molecular weight excluding hydrogens is 224 g/mol. The molecule has 0 aromatic carbocycles. The van der Waals surface area contributed by atoms with Crippen molar-refractivity contribution in [2.75, 3.05) is 31.9 Å². The van der Waals surface area contributed by atoms with Crippen LogP contribution in [0.25, 0.3) is 0 Å². The molecular formula is C11H24N2O2S. The van der Waals surface area contributed by atoms with Crippen molar-refractivity contribution in [1.82, 2.24) is 9.62 Å². The van der Waals surface area contributed by atoms with Gasteiger partial charge in [-0.05, 0) is 11.3 Å². The molecule has 0 atom stereocenters. The van der Waals surface area contributed by atoms with E-state index in [9.17, 15) is 8.42 Å². The van der Waals surface area contributed by atoms with Crippen LogP contribution in [0, 0.1) is 11.3 Å². The van der Waals surface area contributed by atoms with E-state index in [-0.39, 0.29) is 11.2 Å². The van der Waals surface area contributed by atoms with Gasteiger partial charge in [0.15, 0.2) is 0 Å². The smallest absolute Gasteiger partial charge is 0.215 e. The van der Waals surface area contributed by atoms with E-state index in [0.717, 1.165) is 6.54 Å². The van der Waals surface area contributed by atoms with E-state index in [1.807, 2.05) is 0 Å². The Morgan fingerprint density at radius 1 is 1.38 bits per heavy atom. The Kier molecular flexibility index (Phi) is 4.37. The molecule has 0 aromatic rings. The van der Waals surface area contributed by atoms with Gasteiger partial charge in [-0.25, -0.2) is 12.7 Å². The van der Waals surface area contributed by atoms with Gasteiger partial charge in [-0.15, -0.1) is 0 Å². The summed E-state index contributed by atoms with van der Waals surface area (Å²) >= 11 is 0. The molecule has 0 aliphatic carbocycles. The topological polar surface area (TPSA) is 49.4 Å². The first-order valence-corrected chi connectivity index (χ1v) is 7.52. The van der Waals surface area contributed by atoms with Gasteiger partial charge < -0.3 is 5.32 Å². The number of hydrogen-bond acceptors (Lipinski definition) is 3. The molecule has 0 radical (unpaired) electrons. The molecule has 0 bridgehead atoms. The fourth-order valence-electron chi connectivity index (χ4n) is 1.97. The fraction of sp³-hybridized carbons (Fsp3) is 1.00. The van der Waals surface area contributed by atoms with E-state index in [0.29, 0.717) is 25.6 Å². The number of nitrogens with zero attached hydrogens (tertiary/aromatic N) is 1. The van der Waals surface area contributed by atoms with Crippen LogP contribution in [0.3, 0.4) is 0 Å². The van der Waals surface area contributed by atoms with Crippen LogP contribution in [-0.2, 0) is 10.0 Å². The van der Waals surface area contributed by atoms with Crippen molar-refractivity contribution in [2.45, 2.75) is 27.7 Å². The maximum atomic E-state index is 12.1. The van der Waals surface area contributed by atoms with Crippen LogP contribution in [0.4, 0.5) is 0 Å². The quantitative estimate of drug-likeness (QED) is 0.790. The largest absolute Gasteiger partial charge is 0.315 e. The highest BCUT2D eigenvalue weighted by atomic mass is 32.2. The Balaban J connectivity index is 2.86. The third-order valence-corrected chi connectivity index (χ3v) is 4.49. The summed E-state index contributed by atoms with van der Waals surface area (Å²) in [4.78, 5) is 0. The maximum Gasteiger partial charge on any atom is 0.215 e. The lowest BCUT2D eigenvalue weighted by atomic mass is 9.93. The molecule has 96 valence electrons. The Morgan fingerprint density at radius 2 is 2.00 bits per heavy atom. The number of hydrogen-bond donors (Lipinski definition) is 1. The molecule has 16 heavy (non-hydrogen) atoms. The van der Waals surface area contributed by atoms with Gasteiger partial charge in [0.25, 0.3) is 0 Å². The van der Waals surface area contributed by atoms with Gasteiger partial charge in [-0.2, -0.15) is 0 Å². The molecule has 0 unspecified atom stereocenters. The molecule has 1 fully saturated rings. The predicted octanol–water partition coefficient (Wildman–Crippen LogP) is 0.904. The molecule has 1 aliphatic heterocycles. The minimum atomic E-state index is -3.08. The van der Waals surface area contributed by atoms with Gasteiger partial charge in [0, 0.05) is 26.2 Å². The van der Waals surface area contributed by atoms with E-state index >= 15 is 0 Å². The first-order valence-electron chi connectivity index (χ1n) is 5.91. The first kappa shape index (κ1) is 13.9. The van der Waals surface area contributed by atoms with E-state index in [2.05, 4.69) is 33.0 Å². The van der Waals surface area contributed by atoms with E-state index < -0.39 is 10.0 Å². The van der Waals surface area contributed by atoms with Gasteiger partial charge in [0.05, 0.1) is 5.75 Å². The molecule has 1 saturated heterocycles. The third-order valence-electron chi connectivity index (χ3n) is 2.71. The second-order valence-corrected chi connectivity index (χ2v) is 7.93. The van der Waals surface area contributed by atoms with Gasteiger partial charge in [0.1, 0.15) is 0 Å². The second kappa shape index (κ2) is 5.02. The monoisotopic (exact) mass is 248 g/mol. The molecule has 1 heterocycles. The van der Waals surface area contributed by atoms with Gasteiger partial charge in [-0.3, -0.25) is 0 Å². The highest BCUT2D eigenvalue weighted by Crippen LogP contribution is 2.21. The highest BCUT2D eigenvalue weighted by molar-refractivity contribution is 7.89. The van der Waals surface area contributed by atoms with Crippen molar-refractivity contribution in [3.63, 3.8) is 0 Å². The molecule has 0 spiro atoms. The maximum absolute atomic E-state index is 12.1. The standard InChI is InChI=1S/C11H24N2O2S/c1-10(2)7-13-9-11(3,4)8-12-5-6-16(13,14)15/h10,12H,5-9H2,1-4H3. The Labute approximate surface area is 99.5 Å². The Hall–Kier alpha value is -0.130.